The summed E-state index contributed by atoms with van der Waals surface area (Å²) < 4.78 is 11.1. The van der Waals surface area contributed by atoms with Gasteiger partial charge in [0.1, 0.15) is 24.4 Å². The van der Waals surface area contributed by atoms with E-state index in [1.807, 2.05) is 0 Å². The molecule has 58 heavy (non-hydrogen) atoms. The molecular weight excluding hydrogens is 731 g/mol. The second kappa shape index (κ2) is 39.3. The molecule has 6 N–H and O–H groups in total. The number of amides is 1. The van der Waals surface area contributed by atoms with Gasteiger partial charge >= 0.3 is 0 Å². The number of ether oxygens (including phenoxy) is 2. The molecule has 9 nitrogen and oxygen atoms in total. The monoisotopic (exact) mass is 820 g/mol. The number of rotatable bonds is 39. The molecule has 0 aliphatic carbocycles. The van der Waals surface area contributed by atoms with Crippen LogP contribution < -0.4 is 5.32 Å². The van der Waals surface area contributed by atoms with Crippen LogP contribution in [0.25, 0.3) is 0 Å². The summed E-state index contributed by atoms with van der Waals surface area (Å²) in [5.74, 6) is -0.154. The molecule has 338 valence electrons. The van der Waals surface area contributed by atoms with Gasteiger partial charge in [-0.15, -0.1) is 0 Å². The van der Waals surface area contributed by atoms with E-state index in [2.05, 4.69) is 67.8 Å². The first-order valence-corrected chi connectivity index (χ1v) is 23.8. The molecule has 1 aliphatic heterocycles. The highest BCUT2D eigenvalue weighted by atomic mass is 16.7. The van der Waals surface area contributed by atoms with E-state index in [0.717, 1.165) is 70.6 Å². The minimum Gasteiger partial charge on any atom is -0.394 e. The second-order valence-corrected chi connectivity index (χ2v) is 16.5. The van der Waals surface area contributed by atoms with Gasteiger partial charge in [-0.25, -0.2) is 0 Å². The maximum absolute atomic E-state index is 12.8. The molecule has 0 aromatic rings. The normalized spacial score (nSPS) is 21.3. The van der Waals surface area contributed by atoms with E-state index in [0.29, 0.717) is 12.8 Å². The summed E-state index contributed by atoms with van der Waals surface area (Å²) in [4.78, 5) is 12.8. The third-order valence-corrected chi connectivity index (χ3v) is 11.2. The van der Waals surface area contributed by atoms with Crippen LogP contribution in [0.2, 0.25) is 0 Å². The molecule has 0 radical (unpaired) electrons. The molecule has 1 heterocycles. The van der Waals surface area contributed by atoms with Crippen molar-refractivity contribution in [1.82, 2.24) is 5.32 Å². The van der Waals surface area contributed by atoms with Gasteiger partial charge in [0.15, 0.2) is 6.29 Å². The zero-order chi connectivity index (χ0) is 42.3. The van der Waals surface area contributed by atoms with Gasteiger partial charge in [-0.1, -0.05) is 191 Å². The lowest BCUT2D eigenvalue weighted by Crippen LogP contribution is -2.60. The van der Waals surface area contributed by atoms with Gasteiger partial charge in [-0.2, -0.15) is 0 Å². The molecule has 0 saturated carbocycles. The van der Waals surface area contributed by atoms with Crippen LogP contribution in [0.4, 0.5) is 0 Å². The van der Waals surface area contributed by atoms with Crippen molar-refractivity contribution >= 4 is 5.91 Å². The largest absolute Gasteiger partial charge is 0.394 e. The molecule has 1 fully saturated rings. The molecule has 1 aliphatic rings. The Bertz CT molecular complexity index is 1050. The smallest absolute Gasteiger partial charge is 0.220 e. The van der Waals surface area contributed by atoms with Crippen LogP contribution in [0.3, 0.4) is 0 Å². The van der Waals surface area contributed by atoms with Crippen LogP contribution in [0.15, 0.2) is 48.6 Å². The number of unbranched alkanes of at least 4 members (excludes halogenated alkanes) is 21. The highest BCUT2D eigenvalue weighted by molar-refractivity contribution is 5.76. The van der Waals surface area contributed by atoms with Gasteiger partial charge < -0.3 is 40.3 Å². The predicted molar refractivity (Wildman–Crippen MR) is 239 cm³/mol. The van der Waals surface area contributed by atoms with Crippen LogP contribution in [0.5, 0.6) is 0 Å². The van der Waals surface area contributed by atoms with Gasteiger partial charge in [0.05, 0.1) is 25.4 Å². The molecule has 1 saturated heterocycles. The number of hydrogen-bond acceptors (Lipinski definition) is 8. The Kier molecular flexibility index (Phi) is 36.7. The lowest BCUT2D eigenvalue weighted by molar-refractivity contribution is -0.302. The van der Waals surface area contributed by atoms with Crippen molar-refractivity contribution in [1.29, 1.82) is 0 Å². The van der Waals surface area contributed by atoms with Gasteiger partial charge in [0.2, 0.25) is 5.91 Å². The maximum Gasteiger partial charge on any atom is 0.220 e. The Hall–Kier alpha value is -1.85. The van der Waals surface area contributed by atoms with Crippen LogP contribution in [-0.4, -0.2) is 87.5 Å². The summed E-state index contributed by atoms with van der Waals surface area (Å²) >= 11 is 0. The van der Waals surface area contributed by atoms with Gasteiger partial charge in [-0.05, 0) is 51.4 Å². The second-order valence-electron chi connectivity index (χ2n) is 16.5. The Morgan fingerprint density at radius 1 is 0.603 bits per heavy atom. The summed E-state index contributed by atoms with van der Waals surface area (Å²) in [7, 11) is 0. The van der Waals surface area contributed by atoms with E-state index in [9.17, 15) is 30.3 Å². The third-order valence-electron chi connectivity index (χ3n) is 11.2. The Morgan fingerprint density at radius 2 is 1.07 bits per heavy atom. The lowest BCUT2D eigenvalue weighted by Gasteiger charge is -2.40. The van der Waals surface area contributed by atoms with E-state index >= 15 is 0 Å². The van der Waals surface area contributed by atoms with Crippen molar-refractivity contribution in [2.75, 3.05) is 13.2 Å². The summed E-state index contributed by atoms with van der Waals surface area (Å²) in [6.07, 6.45) is 43.6. The fourth-order valence-corrected chi connectivity index (χ4v) is 7.39. The van der Waals surface area contributed by atoms with Crippen molar-refractivity contribution in [3.63, 3.8) is 0 Å². The number of allylic oxidation sites excluding steroid dienone is 8. The van der Waals surface area contributed by atoms with Crippen LogP contribution >= 0.6 is 0 Å². The number of hydrogen-bond donors (Lipinski definition) is 6. The first kappa shape index (κ1) is 54.2. The molecule has 1 amide bonds. The molecule has 0 aromatic carbocycles. The molecular formula is C49H89NO8. The van der Waals surface area contributed by atoms with Gasteiger partial charge in [0.25, 0.3) is 0 Å². The number of aliphatic hydroxyl groups is 5. The SMILES string of the molecule is CC/C=C\C/C=C\C/C=C\C/C=C\CCCCCCCCCCCCCCCCCCCCC(=O)NC(COC1OC(CO)C(O)C(O)C1O)C(O)CCCCCC. The number of nitrogens with one attached hydrogen (secondary N) is 1. The molecule has 7 atom stereocenters. The standard InChI is InChI=1S/C49H89NO8/c1-3-5-7-9-10-11-12-13-14-15-16-17-18-19-20-21-22-23-24-25-26-27-28-29-30-31-32-33-34-35-37-39-45(53)50-42(43(52)38-36-8-6-4-2)41-57-49-48(56)47(55)46(54)44(40-51)58-49/h5,7,10-11,13-14,16-17,42-44,46-49,51-52,54-56H,3-4,6,8-9,12,15,18-41H2,1-2H3,(H,50,53)/b7-5-,11-10-,14-13-,17-16-. The zero-order valence-corrected chi connectivity index (χ0v) is 37.0. The van der Waals surface area contributed by atoms with Crippen LogP contribution in [0, 0.1) is 0 Å². The minimum absolute atomic E-state index is 0.141. The maximum atomic E-state index is 12.8. The van der Waals surface area contributed by atoms with E-state index in [1.54, 1.807) is 0 Å². The fraction of sp³-hybridized carbons (Fsp3) is 0.816. The third kappa shape index (κ3) is 29.4. The van der Waals surface area contributed by atoms with Crippen molar-refractivity contribution in [2.24, 2.45) is 0 Å². The van der Waals surface area contributed by atoms with E-state index in [4.69, 9.17) is 9.47 Å². The highest BCUT2D eigenvalue weighted by Crippen LogP contribution is 2.23. The molecule has 9 heteroatoms. The average molecular weight is 820 g/mol. The number of carbonyl (C=O) groups excluding carboxylic acids is 1. The molecule has 0 bridgehead atoms. The summed E-state index contributed by atoms with van der Waals surface area (Å²) in [5, 5.41) is 53.7. The van der Waals surface area contributed by atoms with E-state index in [1.165, 1.54) is 103 Å². The Balaban J connectivity index is 2.01. The zero-order valence-electron chi connectivity index (χ0n) is 37.0. The summed E-state index contributed by atoms with van der Waals surface area (Å²) in [5.41, 5.74) is 0. The molecule has 7 unspecified atom stereocenters. The number of aliphatic hydroxyl groups excluding tert-OH is 5. The number of carbonyl (C=O) groups is 1. The van der Waals surface area contributed by atoms with Crippen molar-refractivity contribution in [3.05, 3.63) is 48.6 Å². The lowest BCUT2D eigenvalue weighted by atomic mass is 9.99. The van der Waals surface area contributed by atoms with Crippen molar-refractivity contribution < 1.29 is 39.8 Å². The average Bonchev–Trinajstić information content (AvgIpc) is 3.22. The van der Waals surface area contributed by atoms with E-state index in [-0.39, 0.29) is 12.5 Å². The summed E-state index contributed by atoms with van der Waals surface area (Å²) in [6.45, 7) is 3.59. The fourth-order valence-electron chi connectivity index (χ4n) is 7.39. The van der Waals surface area contributed by atoms with Crippen LogP contribution in [0.1, 0.15) is 200 Å². The highest BCUT2D eigenvalue weighted by Gasteiger charge is 2.44. The molecule has 1 rings (SSSR count). The van der Waals surface area contributed by atoms with E-state index < -0.39 is 49.5 Å². The summed E-state index contributed by atoms with van der Waals surface area (Å²) in [6, 6.07) is -0.713. The topological polar surface area (TPSA) is 149 Å². The molecule has 0 aromatic heterocycles. The minimum atomic E-state index is -1.55. The first-order valence-electron chi connectivity index (χ1n) is 23.8. The van der Waals surface area contributed by atoms with Crippen LogP contribution in [-0.2, 0) is 14.3 Å². The van der Waals surface area contributed by atoms with Gasteiger partial charge in [0, 0.05) is 6.42 Å². The van der Waals surface area contributed by atoms with Crippen molar-refractivity contribution in [2.45, 2.75) is 243 Å². The Morgan fingerprint density at radius 3 is 1.57 bits per heavy atom. The first-order chi connectivity index (χ1) is 28.3. The molecule has 0 spiro atoms. The predicted octanol–water partition coefficient (Wildman–Crippen LogP) is 10.2. The van der Waals surface area contributed by atoms with Gasteiger partial charge in [-0.3, -0.25) is 4.79 Å². The quantitative estimate of drug-likeness (QED) is 0.0265. The van der Waals surface area contributed by atoms with Crippen molar-refractivity contribution in [3.8, 4) is 0 Å². The Labute approximate surface area is 354 Å².